The molecule has 0 saturated carbocycles. The lowest BCUT2D eigenvalue weighted by atomic mass is 9.78. The fourth-order valence-electron chi connectivity index (χ4n) is 9.64. The number of nitrogens with zero attached hydrogens (tertiary/aromatic N) is 2. The molecule has 0 atom stereocenters. The minimum absolute atomic E-state index is 0.0108. The topological polar surface area (TPSA) is 59.1 Å². The summed E-state index contributed by atoms with van der Waals surface area (Å²) in [6.07, 6.45) is 2.87. The summed E-state index contributed by atoms with van der Waals surface area (Å²) >= 11 is 0. The van der Waals surface area contributed by atoms with E-state index in [0.29, 0.717) is 11.5 Å². The van der Waals surface area contributed by atoms with Crippen molar-refractivity contribution >= 4 is 65.5 Å². The van der Waals surface area contributed by atoms with Crippen LogP contribution in [0.15, 0.2) is 240 Å². The van der Waals surface area contributed by atoms with E-state index in [1.165, 1.54) is 10.8 Å². The smallest absolute Gasteiger partial charge is 0.206 e. The number of fused-ring (bicyclic) bond motifs is 2. The van der Waals surface area contributed by atoms with Crippen molar-refractivity contribution in [3.8, 4) is 28.4 Å². The highest BCUT2D eigenvalue weighted by Crippen LogP contribution is 2.43. The third-order valence-corrected chi connectivity index (χ3v) is 16.6. The summed E-state index contributed by atoms with van der Waals surface area (Å²) in [4.78, 5) is 5.10. The Bertz CT molecular complexity index is 3630. The predicted molar refractivity (Wildman–Crippen MR) is 308 cm³/mol. The standard InChI is InChI=1S/C67H62N2O4S/c1-7-66(4,5)73-59-40-36-56(37-41-59)69(65-23-15-19-51-17-11-13-21-63(51)65)54-32-26-49(27-33-54)48-24-30-53(31-25-48)68(64-22-14-18-50-16-10-12-20-62(50)64)55-34-38-57(39-35-55)72-58-42-46-61(47-43-58)74(70,71)60-44-28-52(29-45-60)67(6,8-2)9-3/h10-47H,7-9H2,1-6H3. The molecule has 10 aromatic rings. The molecule has 0 unspecified atom stereocenters. The van der Waals surface area contributed by atoms with Crippen LogP contribution in [0.2, 0.25) is 0 Å². The van der Waals surface area contributed by atoms with Crippen LogP contribution in [0.25, 0.3) is 32.7 Å². The monoisotopic (exact) mass is 990 g/mol. The van der Waals surface area contributed by atoms with Gasteiger partial charge in [0.15, 0.2) is 0 Å². The zero-order valence-electron chi connectivity index (χ0n) is 43.0. The molecule has 7 heteroatoms. The minimum atomic E-state index is -3.71. The van der Waals surface area contributed by atoms with Gasteiger partial charge in [-0.15, -0.1) is 0 Å². The van der Waals surface area contributed by atoms with Crippen LogP contribution in [0, 0.1) is 0 Å². The number of hydrogen-bond donors (Lipinski definition) is 0. The highest BCUT2D eigenvalue weighted by atomic mass is 32.2. The quantitative estimate of drug-likeness (QED) is 0.0906. The van der Waals surface area contributed by atoms with Crippen LogP contribution in [0.4, 0.5) is 34.1 Å². The van der Waals surface area contributed by atoms with Gasteiger partial charge in [-0.1, -0.05) is 137 Å². The molecule has 0 amide bonds. The van der Waals surface area contributed by atoms with Crippen molar-refractivity contribution in [1.29, 1.82) is 0 Å². The molecular formula is C67H62N2O4S. The first-order valence-electron chi connectivity index (χ1n) is 25.7. The summed E-state index contributed by atoms with van der Waals surface area (Å²) in [5.74, 6) is 2.02. The molecule has 10 aromatic carbocycles. The fraction of sp³-hybridized carbons (Fsp3) is 0.164. The van der Waals surface area contributed by atoms with E-state index >= 15 is 0 Å². The molecule has 10 rings (SSSR count). The van der Waals surface area contributed by atoms with Crippen LogP contribution >= 0.6 is 0 Å². The van der Waals surface area contributed by atoms with Crippen molar-refractivity contribution in [2.45, 2.75) is 81.6 Å². The molecule has 0 aromatic heterocycles. The third kappa shape index (κ3) is 10.1. The normalized spacial score (nSPS) is 11.9. The van der Waals surface area contributed by atoms with E-state index in [2.05, 4.69) is 221 Å². The van der Waals surface area contributed by atoms with Gasteiger partial charge in [-0.05, 0) is 187 Å². The molecule has 0 aliphatic carbocycles. The average Bonchev–Trinajstić information content (AvgIpc) is 3.45. The van der Waals surface area contributed by atoms with Gasteiger partial charge in [-0.25, -0.2) is 8.42 Å². The van der Waals surface area contributed by atoms with Crippen molar-refractivity contribution in [1.82, 2.24) is 0 Å². The summed E-state index contributed by atoms with van der Waals surface area (Å²) in [6.45, 7) is 12.9. The van der Waals surface area contributed by atoms with Gasteiger partial charge in [0, 0.05) is 33.5 Å². The lowest BCUT2D eigenvalue weighted by Crippen LogP contribution is -2.26. The van der Waals surface area contributed by atoms with Crippen molar-refractivity contribution in [2.24, 2.45) is 0 Å². The van der Waals surface area contributed by atoms with E-state index in [9.17, 15) is 8.42 Å². The van der Waals surface area contributed by atoms with Crippen LogP contribution in [0.1, 0.15) is 66.4 Å². The van der Waals surface area contributed by atoms with Gasteiger partial charge in [-0.3, -0.25) is 0 Å². The van der Waals surface area contributed by atoms with Gasteiger partial charge < -0.3 is 19.3 Å². The first-order chi connectivity index (χ1) is 35.9. The maximum Gasteiger partial charge on any atom is 0.206 e. The highest BCUT2D eigenvalue weighted by Gasteiger charge is 2.25. The molecule has 6 nitrogen and oxygen atoms in total. The molecule has 0 N–H and O–H groups in total. The van der Waals surface area contributed by atoms with Gasteiger partial charge in [0.05, 0.1) is 21.2 Å². The number of hydrogen-bond acceptors (Lipinski definition) is 6. The molecule has 0 spiro atoms. The number of ether oxygens (including phenoxy) is 2. The Hall–Kier alpha value is -8.13. The summed E-state index contributed by atoms with van der Waals surface area (Å²) < 4.78 is 40.0. The summed E-state index contributed by atoms with van der Waals surface area (Å²) in [5.41, 5.74) is 9.30. The van der Waals surface area contributed by atoms with E-state index in [-0.39, 0.29) is 20.8 Å². The van der Waals surface area contributed by atoms with Crippen LogP contribution in [-0.2, 0) is 15.3 Å². The van der Waals surface area contributed by atoms with Crippen LogP contribution in [0.3, 0.4) is 0 Å². The third-order valence-electron chi connectivity index (χ3n) is 14.8. The molecule has 0 heterocycles. The average molecular weight is 991 g/mol. The molecule has 370 valence electrons. The first kappa shape index (κ1) is 49.4. The minimum Gasteiger partial charge on any atom is -0.488 e. The van der Waals surface area contributed by atoms with E-state index < -0.39 is 9.84 Å². The summed E-state index contributed by atoms with van der Waals surface area (Å²) in [5, 5.41) is 4.63. The number of sulfone groups is 1. The molecular weight excluding hydrogens is 929 g/mol. The van der Waals surface area contributed by atoms with Gasteiger partial charge in [0.1, 0.15) is 22.8 Å². The molecule has 0 radical (unpaired) electrons. The van der Waals surface area contributed by atoms with Crippen molar-refractivity contribution in [3.05, 3.63) is 236 Å². The SMILES string of the molecule is CCC(C)(C)Oc1ccc(N(c2ccc(-c3ccc(N(c4ccc(Oc5ccc(S(=O)(=O)c6ccc(C(C)(CC)CC)cc6)cc5)cc4)c4cccc5ccccc45)cc3)cc2)c2cccc3ccccc23)cc1. The highest BCUT2D eigenvalue weighted by molar-refractivity contribution is 7.91. The van der Waals surface area contributed by atoms with E-state index in [1.54, 1.807) is 36.4 Å². The zero-order valence-corrected chi connectivity index (χ0v) is 43.8. The maximum absolute atomic E-state index is 13.7. The van der Waals surface area contributed by atoms with Gasteiger partial charge >= 0.3 is 0 Å². The maximum atomic E-state index is 13.7. The Labute approximate surface area is 437 Å². The van der Waals surface area contributed by atoms with Gasteiger partial charge in [-0.2, -0.15) is 0 Å². The van der Waals surface area contributed by atoms with Gasteiger partial charge in [0.2, 0.25) is 9.84 Å². The second-order valence-corrected chi connectivity index (χ2v) is 21.8. The molecule has 0 fully saturated rings. The van der Waals surface area contributed by atoms with Crippen LogP contribution in [0.5, 0.6) is 17.2 Å². The lowest BCUT2D eigenvalue weighted by molar-refractivity contribution is 0.105. The first-order valence-corrected chi connectivity index (χ1v) is 27.1. The van der Waals surface area contributed by atoms with Crippen LogP contribution in [-0.4, -0.2) is 14.0 Å². The number of rotatable bonds is 17. The van der Waals surface area contributed by atoms with Gasteiger partial charge in [0.25, 0.3) is 0 Å². The lowest BCUT2D eigenvalue weighted by Gasteiger charge is -2.28. The Morgan fingerprint density at radius 1 is 0.392 bits per heavy atom. The summed E-state index contributed by atoms with van der Waals surface area (Å²) in [7, 11) is -3.71. The van der Waals surface area contributed by atoms with E-state index in [4.69, 9.17) is 9.47 Å². The van der Waals surface area contributed by atoms with Crippen molar-refractivity contribution in [2.75, 3.05) is 9.80 Å². The fourth-order valence-corrected chi connectivity index (χ4v) is 10.9. The number of anilines is 6. The molecule has 0 bridgehead atoms. The zero-order chi connectivity index (χ0) is 51.5. The van der Waals surface area contributed by atoms with E-state index in [0.717, 1.165) is 86.6 Å². The molecule has 0 saturated heterocycles. The number of benzene rings is 10. The summed E-state index contributed by atoms with van der Waals surface area (Å²) in [6, 6.07) is 77.8. The van der Waals surface area contributed by atoms with Crippen molar-refractivity contribution in [3.63, 3.8) is 0 Å². The molecule has 0 aliphatic rings. The van der Waals surface area contributed by atoms with Crippen LogP contribution < -0.4 is 19.3 Å². The second-order valence-electron chi connectivity index (χ2n) is 19.8. The Morgan fingerprint density at radius 3 is 1.18 bits per heavy atom. The largest absolute Gasteiger partial charge is 0.488 e. The Kier molecular flexibility index (Phi) is 13.9. The van der Waals surface area contributed by atoms with E-state index in [1.807, 2.05) is 24.3 Å². The second kappa shape index (κ2) is 20.8. The van der Waals surface area contributed by atoms with Crippen molar-refractivity contribution < 1.29 is 17.9 Å². The Morgan fingerprint density at radius 2 is 0.757 bits per heavy atom. The molecule has 0 aliphatic heterocycles. The molecule has 74 heavy (non-hydrogen) atoms. The predicted octanol–water partition coefficient (Wildman–Crippen LogP) is 18.9. The Balaban J connectivity index is 0.913.